The first-order valence-corrected chi connectivity index (χ1v) is 20.5. The normalized spacial score (nSPS) is 15.5. The van der Waals surface area contributed by atoms with Crippen molar-refractivity contribution in [3.05, 3.63) is 111 Å². The molecule has 1 aliphatic rings. The SMILES string of the molecule is Cc1c(COc2cc(OCc3cccc(C#N)c3)c(CN3CCCC[C@H]3C(=O)O)cc2Cl)cccc1-c1cccc(OCCCN(C)C(C)CCC(C)CO)c1C. The lowest BCUT2D eigenvalue weighted by molar-refractivity contribution is -0.144. The number of halogens is 1. The Labute approximate surface area is 343 Å². The van der Waals surface area contributed by atoms with Gasteiger partial charge in [-0.25, -0.2) is 0 Å². The van der Waals surface area contributed by atoms with Crippen LogP contribution in [-0.2, 0) is 24.6 Å². The van der Waals surface area contributed by atoms with E-state index in [2.05, 4.69) is 63.9 Å². The number of nitrogens with zero attached hydrogens (tertiary/aromatic N) is 3. The Hall–Kier alpha value is -4.59. The van der Waals surface area contributed by atoms with Crippen LogP contribution in [0.1, 0.15) is 85.8 Å². The van der Waals surface area contributed by atoms with Crippen molar-refractivity contribution < 1.29 is 29.2 Å². The zero-order valence-electron chi connectivity index (χ0n) is 34.1. The van der Waals surface area contributed by atoms with Crippen LogP contribution in [0.5, 0.6) is 17.2 Å². The number of hydrogen-bond acceptors (Lipinski definition) is 8. The van der Waals surface area contributed by atoms with Gasteiger partial charge in [0.05, 0.1) is 23.3 Å². The van der Waals surface area contributed by atoms with Crippen molar-refractivity contribution in [2.75, 3.05) is 33.4 Å². The molecule has 0 amide bonds. The van der Waals surface area contributed by atoms with Crippen LogP contribution < -0.4 is 14.2 Å². The zero-order chi connectivity index (χ0) is 40.9. The van der Waals surface area contributed by atoms with E-state index < -0.39 is 12.0 Å². The van der Waals surface area contributed by atoms with E-state index in [9.17, 15) is 20.3 Å². The van der Waals surface area contributed by atoms with E-state index in [1.165, 1.54) is 0 Å². The Morgan fingerprint density at radius 1 is 0.912 bits per heavy atom. The molecule has 0 aromatic heterocycles. The molecule has 9 nitrogen and oxygen atoms in total. The molecule has 0 bridgehead atoms. The van der Waals surface area contributed by atoms with Crippen molar-refractivity contribution >= 4 is 17.6 Å². The molecule has 1 fully saturated rings. The summed E-state index contributed by atoms with van der Waals surface area (Å²) in [5.74, 6) is 1.40. The molecule has 2 unspecified atom stereocenters. The highest BCUT2D eigenvalue weighted by molar-refractivity contribution is 6.32. The van der Waals surface area contributed by atoms with Gasteiger partial charge >= 0.3 is 5.97 Å². The molecule has 1 heterocycles. The van der Waals surface area contributed by atoms with Crippen LogP contribution in [0.25, 0.3) is 11.1 Å². The summed E-state index contributed by atoms with van der Waals surface area (Å²) in [6, 6.07) is 25.4. The van der Waals surface area contributed by atoms with E-state index in [1.807, 2.05) is 41.3 Å². The van der Waals surface area contributed by atoms with Crippen LogP contribution >= 0.6 is 11.6 Å². The zero-order valence-corrected chi connectivity index (χ0v) is 34.9. The maximum absolute atomic E-state index is 12.1. The first-order valence-electron chi connectivity index (χ1n) is 20.1. The van der Waals surface area contributed by atoms with E-state index in [-0.39, 0.29) is 19.8 Å². The van der Waals surface area contributed by atoms with Gasteiger partial charge in [-0.3, -0.25) is 9.69 Å². The van der Waals surface area contributed by atoms with Gasteiger partial charge in [0.25, 0.3) is 0 Å². The Balaban J connectivity index is 1.29. The summed E-state index contributed by atoms with van der Waals surface area (Å²) in [6.45, 7) is 11.9. The summed E-state index contributed by atoms with van der Waals surface area (Å²) >= 11 is 6.89. The van der Waals surface area contributed by atoms with Gasteiger partial charge in [-0.05, 0) is 130 Å². The van der Waals surface area contributed by atoms with E-state index >= 15 is 0 Å². The standard InChI is InChI=1S/C47H58ClN3O6/c1-32(29-52)19-20-33(2)50(5)21-11-23-55-44-18-10-16-41(35(44)4)40-15-9-14-38(34(40)3)31-57-46-26-45(56-30-37-13-8-12-36(24-37)27-49)39(25-42(46)48)28-51-22-7-6-17-43(51)47(53)54/h8-10,12-16,18,24-26,32-33,43,52H,6-7,11,17,19-23,28-31H2,1-5H3,(H,53,54)/t32?,33?,43-/m0/s1. The molecular formula is C47H58ClN3O6. The topological polar surface area (TPSA) is 115 Å². The summed E-state index contributed by atoms with van der Waals surface area (Å²) in [4.78, 5) is 16.4. The van der Waals surface area contributed by atoms with E-state index in [1.54, 1.807) is 18.2 Å². The first kappa shape index (κ1) is 43.5. The lowest BCUT2D eigenvalue weighted by Crippen LogP contribution is -2.44. The molecule has 1 saturated heterocycles. The molecule has 57 heavy (non-hydrogen) atoms. The molecule has 0 radical (unpaired) electrons. The number of piperidine rings is 1. The maximum atomic E-state index is 12.1. The minimum atomic E-state index is -0.825. The third-order valence-corrected chi connectivity index (χ3v) is 11.6. The monoisotopic (exact) mass is 795 g/mol. The highest BCUT2D eigenvalue weighted by atomic mass is 35.5. The third kappa shape index (κ3) is 12.0. The molecule has 4 aromatic carbocycles. The number of nitriles is 1. The summed E-state index contributed by atoms with van der Waals surface area (Å²) in [6.07, 6.45) is 5.40. The summed E-state index contributed by atoms with van der Waals surface area (Å²) in [5, 5.41) is 29.1. The number of carbonyl (C=O) groups is 1. The van der Waals surface area contributed by atoms with Gasteiger partial charge in [-0.15, -0.1) is 0 Å². The molecule has 0 spiro atoms. The van der Waals surface area contributed by atoms with Crippen LogP contribution in [0.15, 0.2) is 72.8 Å². The second-order valence-electron chi connectivity index (χ2n) is 15.5. The summed E-state index contributed by atoms with van der Waals surface area (Å²) in [5.41, 5.74) is 7.56. The van der Waals surface area contributed by atoms with Gasteiger partial charge < -0.3 is 29.3 Å². The van der Waals surface area contributed by atoms with Crippen molar-refractivity contribution in [3.8, 4) is 34.4 Å². The molecule has 304 valence electrons. The first-order chi connectivity index (χ1) is 27.5. The Morgan fingerprint density at radius 3 is 2.40 bits per heavy atom. The van der Waals surface area contributed by atoms with E-state index in [4.69, 9.17) is 25.8 Å². The Morgan fingerprint density at radius 2 is 1.65 bits per heavy atom. The number of aliphatic hydroxyl groups is 1. The van der Waals surface area contributed by atoms with Crippen molar-refractivity contribution in [3.63, 3.8) is 0 Å². The minimum absolute atomic E-state index is 0.219. The quantitative estimate of drug-likeness (QED) is 0.0844. The Bertz CT molecular complexity index is 2000. The number of aliphatic carboxylic acids is 1. The van der Waals surface area contributed by atoms with Gasteiger partial charge in [-0.2, -0.15) is 5.26 Å². The van der Waals surface area contributed by atoms with Crippen molar-refractivity contribution in [2.45, 2.75) is 98.1 Å². The number of ether oxygens (including phenoxy) is 3. The van der Waals surface area contributed by atoms with Gasteiger partial charge in [0.2, 0.25) is 0 Å². The van der Waals surface area contributed by atoms with Gasteiger partial charge in [-0.1, -0.05) is 67.4 Å². The van der Waals surface area contributed by atoms with Gasteiger partial charge in [0.1, 0.15) is 36.5 Å². The highest BCUT2D eigenvalue weighted by Crippen LogP contribution is 2.37. The average molecular weight is 796 g/mol. The second-order valence-corrected chi connectivity index (χ2v) is 15.9. The Kier molecular flexibility index (Phi) is 16.2. The van der Waals surface area contributed by atoms with Crippen molar-refractivity contribution in [1.82, 2.24) is 9.80 Å². The number of likely N-dealkylation sites (tertiary alicyclic amines) is 1. The highest BCUT2D eigenvalue weighted by Gasteiger charge is 2.29. The molecule has 0 saturated carbocycles. The fourth-order valence-electron chi connectivity index (χ4n) is 7.42. The molecule has 1 aliphatic heterocycles. The van der Waals surface area contributed by atoms with Crippen LogP contribution in [0.2, 0.25) is 5.02 Å². The second kappa shape index (κ2) is 21.2. The molecule has 10 heteroatoms. The van der Waals surface area contributed by atoms with Crippen molar-refractivity contribution in [1.29, 1.82) is 5.26 Å². The predicted molar refractivity (Wildman–Crippen MR) is 226 cm³/mol. The molecular weight excluding hydrogens is 738 g/mol. The van der Waals surface area contributed by atoms with E-state index in [0.29, 0.717) is 60.2 Å². The number of carboxylic acid groups (broad SMARTS) is 1. The molecule has 3 atom stereocenters. The van der Waals surface area contributed by atoms with Crippen LogP contribution in [0, 0.1) is 31.1 Å². The number of benzene rings is 4. The van der Waals surface area contributed by atoms with Gasteiger partial charge in [0, 0.05) is 37.4 Å². The molecule has 2 N–H and O–H groups in total. The lowest BCUT2D eigenvalue weighted by atomic mass is 9.93. The lowest BCUT2D eigenvalue weighted by Gasteiger charge is -2.33. The van der Waals surface area contributed by atoms with E-state index in [0.717, 1.165) is 83.3 Å². The van der Waals surface area contributed by atoms with Crippen LogP contribution in [0.3, 0.4) is 0 Å². The largest absolute Gasteiger partial charge is 0.493 e. The number of aliphatic hydroxyl groups excluding tert-OH is 1. The summed E-state index contributed by atoms with van der Waals surface area (Å²) < 4.78 is 19.1. The van der Waals surface area contributed by atoms with Crippen LogP contribution in [0.4, 0.5) is 0 Å². The third-order valence-electron chi connectivity index (χ3n) is 11.3. The number of rotatable bonds is 20. The van der Waals surface area contributed by atoms with Crippen LogP contribution in [-0.4, -0.2) is 71.4 Å². The average Bonchev–Trinajstić information content (AvgIpc) is 3.21. The predicted octanol–water partition coefficient (Wildman–Crippen LogP) is 9.59. The summed E-state index contributed by atoms with van der Waals surface area (Å²) in [7, 11) is 2.16. The minimum Gasteiger partial charge on any atom is -0.493 e. The number of hydrogen-bond donors (Lipinski definition) is 2. The smallest absolute Gasteiger partial charge is 0.320 e. The molecule has 5 rings (SSSR count). The fraction of sp³-hybridized carbons (Fsp3) is 0.447. The molecule has 4 aromatic rings. The van der Waals surface area contributed by atoms with Gasteiger partial charge in [0.15, 0.2) is 0 Å². The maximum Gasteiger partial charge on any atom is 0.320 e. The number of carboxylic acids is 1. The van der Waals surface area contributed by atoms with Crippen molar-refractivity contribution in [2.24, 2.45) is 5.92 Å². The fourth-order valence-corrected chi connectivity index (χ4v) is 7.66. The molecule has 0 aliphatic carbocycles.